The van der Waals surface area contributed by atoms with Crippen LogP contribution >= 0.6 is 0 Å². The van der Waals surface area contributed by atoms with E-state index < -0.39 is 29.9 Å². The smallest absolute Gasteiger partial charge is 0.408 e. The van der Waals surface area contributed by atoms with Crippen LogP contribution in [0.3, 0.4) is 0 Å². The predicted molar refractivity (Wildman–Crippen MR) is 98.1 cm³/mol. The van der Waals surface area contributed by atoms with Crippen LogP contribution in [0.15, 0.2) is 66.9 Å². The minimum Gasteiger partial charge on any atom is -0.439 e. The summed E-state index contributed by atoms with van der Waals surface area (Å²) in [5, 5.41) is 2.54. The highest BCUT2D eigenvalue weighted by molar-refractivity contribution is 5.71. The molecule has 2 unspecified atom stereocenters. The van der Waals surface area contributed by atoms with E-state index in [2.05, 4.69) is 22.1 Å². The van der Waals surface area contributed by atoms with Crippen molar-refractivity contribution in [3.8, 4) is 11.8 Å². The number of nitrogens with one attached hydrogen (secondary N) is 1. The molecule has 3 aromatic rings. The van der Waals surface area contributed by atoms with Gasteiger partial charge < -0.3 is 10.1 Å². The molecule has 1 N–H and O–H groups in total. The summed E-state index contributed by atoms with van der Waals surface area (Å²) in [6.07, 6.45) is -0.709. The van der Waals surface area contributed by atoms with E-state index in [9.17, 15) is 13.6 Å². The molecule has 138 valence electrons. The maximum absolute atomic E-state index is 14.5. The first-order valence-electron chi connectivity index (χ1n) is 8.56. The largest absolute Gasteiger partial charge is 0.439 e. The molecule has 0 spiro atoms. The Hall–Kier alpha value is -3.72. The number of carbonyl (C=O) groups excluding carboxylic acids is 1. The molecular weight excluding hydrogens is 362 g/mol. The van der Waals surface area contributed by atoms with E-state index in [1.54, 1.807) is 6.07 Å². The van der Waals surface area contributed by atoms with Crippen molar-refractivity contribution in [1.82, 2.24) is 10.3 Å². The molecule has 0 bridgehead atoms. The molecule has 0 saturated carbocycles. The van der Waals surface area contributed by atoms with Gasteiger partial charge in [-0.3, -0.25) is 0 Å². The number of hydrogen-bond acceptors (Lipinski definition) is 3. The molecule has 1 fully saturated rings. The molecule has 4 nitrogen and oxygen atoms in total. The fourth-order valence-electron chi connectivity index (χ4n) is 3.03. The van der Waals surface area contributed by atoms with Crippen LogP contribution in [0.2, 0.25) is 0 Å². The van der Waals surface area contributed by atoms with E-state index in [0.29, 0.717) is 5.69 Å². The molecule has 4 rings (SSSR count). The van der Waals surface area contributed by atoms with Crippen LogP contribution in [0.5, 0.6) is 0 Å². The lowest BCUT2D eigenvalue weighted by Crippen LogP contribution is -2.21. The molecule has 0 radical (unpaired) electrons. The van der Waals surface area contributed by atoms with E-state index in [1.807, 2.05) is 30.3 Å². The molecular formula is C22H14F2N2O2. The van der Waals surface area contributed by atoms with Gasteiger partial charge >= 0.3 is 6.09 Å². The predicted octanol–water partition coefficient (Wildman–Crippen LogP) is 4.28. The first kappa shape index (κ1) is 17.7. The average Bonchev–Trinajstić information content (AvgIpc) is 3.09. The van der Waals surface area contributed by atoms with Crippen molar-refractivity contribution in [1.29, 1.82) is 0 Å². The van der Waals surface area contributed by atoms with E-state index >= 15 is 0 Å². The number of amides is 1. The summed E-state index contributed by atoms with van der Waals surface area (Å²) in [5.41, 5.74) is 1.41. The Labute approximate surface area is 160 Å². The third kappa shape index (κ3) is 3.55. The van der Waals surface area contributed by atoms with E-state index in [4.69, 9.17) is 4.74 Å². The van der Waals surface area contributed by atoms with Gasteiger partial charge in [0.25, 0.3) is 0 Å². The summed E-state index contributed by atoms with van der Waals surface area (Å²) in [7, 11) is 0. The minimum atomic E-state index is -1.000. The molecule has 2 aromatic carbocycles. The van der Waals surface area contributed by atoms with Gasteiger partial charge in [-0.2, -0.15) is 0 Å². The van der Waals surface area contributed by atoms with Crippen LogP contribution in [-0.4, -0.2) is 11.1 Å². The Morgan fingerprint density at radius 1 is 0.929 bits per heavy atom. The monoisotopic (exact) mass is 376 g/mol. The zero-order valence-electron chi connectivity index (χ0n) is 14.5. The second kappa shape index (κ2) is 7.49. The normalized spacial score (nSPS) is 18.0. The summed E-state index contributed by atoms with van der Waals surface area (Å²) in [6.45, 7) is 0. The Kier molecular flexibility index (Phi) is 4.73. The van der Waals surface area contributed by atoms with Gasteiger partial charge in [-0.05, 0) is 30.2 Å². The average molecular weight is 376 g/mol. The fourth-order valence-corrected chi connectivity index (χ4v) is 3.03. The Balaban J connectivity index is 1.71. The van der Waals surface area contributed by atoms with Crippen molar-refractivity contribution < 1.29 is 18.3 Å². The molecule has 2 heterocycles. The molecule has 1 amide bonds. The number of aromatic nitrogens is 1. The molecule has 1 aliphatic heterocycles. The zero-order valence-corrected chi connectivity index (χ0v) is 14.5. The first-order chi connectivity index (χ1) is 13.6. The summed E-state index contributed by atoms with van der Waals surface area (Å²) in [5.74, 6) is 4.65. The van der Waals surface area contributed by atoms with Crippen molar-refractivity contribution in [3.63, 3.8) is 0 Å². The number of cyclic esters (lactones) is 1. The van der Waals surface area contributed by atoms with Crippen LogP contribution in [-0.2, 0) is 4.74 Å². The molecule has 0 aliphatic carbocycles. The number of rotatable bonds is 2. The van der Waals surface area contributed by atoms with E-state index in [0.717, 1.165) is 11.8 Å². The number of nitrogens with zero attached hydrogens (tertiary/aromatic N) is 1. The third-order valence-corrected chi connectivity index (χ3v) is 4.35. The van der Waals surface area contributed by atoms with Crippen LogP contribution < -0.4 is 5.32 Å². The highest BCUT2D eigenvalue weighted by atomic mass is 19.1. The van der Waals surface area contributed by atoms with Gasteiger partial charge in [-0.15, -0.1) is 0 Å². The second-order valence-corrected chi connectivity index (χ2v) is 6.18. The van der Waals surface area contributed by atoms with Gasteiger partial charge in [0.1, 0.15) is 23.4 Å². The molecule has 1 saturated heterocycles. The number of ether oxygens (including phenoxy) is 1. The lowest BCUT2D eigenvalue weighted by molar-refractivity contribution is 0.129. The van der Waals surface area contributed by atoms with Gasteiger partial charge in [0.2, 0.25) is 0 Å². The summed E-state index contributed by atoms with van der Waals surface area (Å²) >= 11 is 0. The van der Waals surface area contributed by atoms with Crippen LogP contribution in [0.1, 0.15) is 34.5 Å². The SMILES string of the molecule is O=C1NC(c2cc(C#Cc3ccccc3)ncc2F)C(c2ccccc2F)O1. The maximum atomic E-state index is 14.5. The van der Waals surface area contributed by atoms with Crippen molar-refractivity contribution in [2.75, 3.05) is 0 Å². The van der Waals surface area contributed by atoms with Crippen molar-refractivity contribution >= 4 is 6.09 Å². The van der Waals surface area contributed by atoms with Gasteiger partial charge in [0, 0.05) is 16.7 Å². The summed E-state index contributed by atoms with van der Waals surface area (Å²) < 4.78 is 33.9. The number of pyridine rings is 1. The summed E-state index contributed by atoms with van der Waals surface area (Å²) in [6, 6.07) is 15.8. The zero-order chi connectivity index (χ0) is 19.5. The fraction of sp³-hybridized carbons (Fsp3) is 0.0909. The molecule has 1 aromatic heterocycles. The van der Waals surface area contributed by atoms with Crippen molar-refractivity contribution in [3.05, 3.63) is 101 Å². The number of benzene rings is 2. The van der Waals surface area contributed by atoms with Gasteiger partial charge in [-0.1, -0.05) is 42.3 Å². The van der Waals surface area contributed by atoms with Crippen molar-refractivity contribution in [2.24, 2.45) is 0 Å². The number of carbonyl (C=O) groups is 1. The van der Waals surface area contributed by atoms with Crippen molar-refractivity contribution in [2.45, 2.75) is 12.1 Å². The number of hydrogen-bond donors (Lipinski definition) is 1. The first-order valence-corrected chi connectivity index (χ1v) is 8.56. The Morgan fingerprint density at radius 3 is 2.46 bits per heavy atom. The summed E-state index contributed by atoms with van der Waals surface area (Å²) in [4.78, 5) is 15.8. The van der Waals surface area contributed by atoms with E-state index in [1.165, 1.54) is 24.3 Å². The van der Waals surface area contributed by atoms with Gasteiger partial charge in [0.15, 0.2) is 6.10 Å². The van der Waals surface area contributed by atoms with Gasteiger partial charge in [-0.25, -0.2) is 18.6 Å². The minimum absolute atomic E-state index is 0.131. The number of alkyl carbamates (subject to hydrolysis) is 1. The standard InChI is InChI=1S/C22H14F2N2O2/c23-18-9-5-4-8-16(18)21-20(26-22(27)28-21)17-12-15(25-13-19(17)24)11-10-14-6-2-1-3-7-14/h1-9,12-13,20-21H,(H,26,27). The number of halogens is 2. The van der Waals surface area contributed by atoms with Crippen LogP contribution in [0.25, 0.3) is 0 Å². The quantitative estimate of drug-likeness (QED) is 0.679. The second-order valence-electron chi connectivity index (χ2n) is 6.18. The molecule has 2 atom stereocenters. The highest BCUT2D eigenvalue weighted by Gasteiger charge is 2.39. The molecule has 6 heteroatoms. The Morgan fingerprint density at radius 2 is 1.68 bits per heavy atom. The van der Waals surface area contributed by atoms with Crippen LogP contribution in [0, 0.1) is 23.5 Å². The van der Waals surface area contributed by atoms with Crippen LogP contribution in [0.4, 0.5) is 13.6 Å². The third-order valence-electron chi connectivity index (χ3n) is 4.35. The topological polar surface area (TPSA) is 51.2 Å². The lowest BCUT2D eigenvalue weighted by Gasteiger charge is -2.18. The molecule has 28 heavy (non-hydrogen) atoms. The lowest BCUT2D eigenvalue weighted by atomic mass is 9.96. The van der Waals surface area contributed by atoms with Gasteiger partial charge in [0.05, 0.1) is 6.20 Å². The molecule has 1 aliphatic rings. The maximum Gasteiger partial charge on any atom is 0.408 e. The Bertz CT molecular complexity index is 1090. The highest BCUT2D eigenvalue weighted by Crippen LogP contribution is 2.38. The van der Waals surface area contributed by atoms with E-state index in [-0.39, 0.29) is 11.1 Å².